The molecular weight excluding hydrogens is 459 g/mol. The second-order valence-corrected chi connectivity index (χ2v) is 9.61. The van der Waals surface area contributed by atoms with E-state index in [4.69, 9.17) is 4.98 Å². The Bertz CT molecular complexity index is 1620. The SMILES string of the molecule is CCn1c(SCc2cc(=O)n3ccccc3n2)nc2sc(C)c(-c3ccc(F)cc3)c2c1=O. The Balaban J connectivity index is 1.56. The van der Waals surface area contributed by atoms with Crippen molar-refractivity contribution in [2.45, 2.75) is 31.3 Å². The highest BCUT2D eigenvalue weighted by Gasteiger charge is 2.20. The molecule has 4 heterocycles. The molecule has 0 saturated heterocycles. The molecule has 6 nitrogen and oxygen atoms in total. The first-order valence-electron chi connectivity index (χ1n) is 10.4. The largest absolute Gasteiger partial charge is 0.287 e. The van der Waals surface area contributed by atoms with E-state index in [9.17, 15) is 14.0 Å². The Hall–Kier alpha value is -3.30. The molecule has 9 heteroatoms. The molecule has 0 aliphatic carbocycles. The number of fused-ring (bicyclic) bond motifs is 2. The average molecular weight is 479 g/mol. The molecule has 33 heavy (non-hydrogen) atoms. The van der Waals surface area contributed by atoms with E-state index in [1.54, 1.807) is 35.0 Å². The number of pyridine rings is 1. The molecule has 0 unspecified atom stereocenters. The molecule has 0 spiro atoms. The van der Waals surface area contributed by atoms with Crippen molar-refractivity contribution in [3.8, 4) is 11.1 Å². The van der Waals surface area contributed by atoms with Gasteiger partial charge in [-0.1, -0.05) is 30.0 Å². The van der Waals surface area contributed by atoms with Gasteiger partial charge < -0.3 is 0 Å². The summed E-state index contributed by atoms with van der Waals surface area (Å²) in [6.07, 6.45) is 1.68. The van der Waals surface area contributed by atoms with Gasteiger partial charge in [-0.2, -0.15) is 0 Å². The highest BCUT2D eigenvalue weighted by molar-refractivity contribution is 7.98. The lowest BCUT2D eigenvalue weighted by Crippen LogP contribution is -2.22. The smallest absolute Gasteiger partial charge is 0.263 e. The van der Waals surface area contributed by atoms with Gasteiger partial charge in [-0.15, -0.1) is 11.3 Å². The van der Waals surface area contributed by atoms with Gasteiger partial charge in [-0.3, -0.25) is 18.6 Å². The van der Waals surface area contributed by atoms with Crippen LogP contribution in [0.1, 0.15) is 17.5 Å². The first kappa shape index (κ1) is 21.5. The average Bonchev–Trinajstić information content (AvgIpc) is 3.14. The van der Waals surface area contributed by atoms with Gasteiger partial charge in [0.2, 0.25) is 0 Å². The second-order valence-electron chi connectivity index (χ2n) is 7.47. The van der Waals surface area contributed by atoms with E-state index < -0.39 is 0 Å². The first-order chi connectivity index (χ1) is 16.0. The van der Waals surface area contributed by atoms with Crippen molar-refractivity contribution in [3.63, 3.8) is 0 Å². The van der Waals surface area contributed by atoms with E-state index in [0.29, 0.717) is 39.0 Å². The van der Waals surface area contributed by atoms with Gasteiger partial charge in [-0.25, -0.2) is 14.4 Å². The lowest BCUT2D eigenvalue weighted by Gasteiger charge is -2.11. The maximum Gasteiger partial charge on any atom is 0.263 e. The lowest BCUT2D eigenvalue weighted by atomic mass is 10.0. The summed E-state index contributed by atoms with van der Waals surface area (Å²) in [5.74, 6) is 0.0916. The molecule has 5 aromatic rings. The topological polar surface area (TPSA) is 69.3 Å². The molecule has 0 amide bonds. The molecule has 166 valence electrons. The monoisotopic (exact) mass is 478 g/mol. The summed E-state index contributed by atoms with van der Waals surface area (Å²) in [7, 11) is 0. The van der Waals surface area contributed by atoms with E-state index >= 15 is 0 Å². The van der Waals surface area contributed by atoms with Crippen LogP contribution in [-0.4, -0.2) is 18.9 Å². The van der Waals surface area contributed by atoms with Crippen LogP contribution in [0.5, 0.6) is 0 Å². The summed E-state index contributed by atoms with van der Waals surface area (Å²) in [5, 5.41) is 1.13. The number of nitrogens with zero attached hydrogens (tertiary/aromatic N) is 4. The third-order valence-electron chi connectivity index (χ3n) is 5.38. The van der Waals surface area contributed by atoms with Gasteiger partial charge >= 0.3 is 0 Å². The summed E-state index contributed by atoms with van der Waals surface area (Å²) >= 11 is 2.83. The van der Waals surface area contributed by atoms with Gasteiger partial charge in [0.1, 0.15) is 16.3 Å². The number of halogens is 1. The number of hydrogen-bond acceptors (Lipinski definition) is 6. The van der Waals surface area contributed by atoms with Crippen LogP contribution >= 0.6 is 23.1 Å². The van der Waals surface area contributed by atoms with Crippen molar-refractivity contribution in [1.82, 2.24) is 18.9 Å². The van der Waals surface area contributed by atoms with Crippen LogP contribution in [-0.2, 0) is 12.3 Å². The number of thioether (sulfide) groups is 1. The van der Waals surface area contributed by atoms with Crippen molar-refractivity contribution in [1.29, 1.82) is 0 Å². The van der Waals surface area contributed by atoms with Gasteiger partial charge in [0.05, 0.1) is 11.1 Å². The van der Waals surface area contributed by atoms with E-state index in [1.807, 2.05) is 19.9 Å². The predicted octanol–water partition coefficient (Wildman–Crippen LogP) is 4.89. The molecule has 0 N–H and O–H groups in total. The summed E-state index contributed by atoms with van der Waals surface area (Å²) in [5.41, 5.74) is 2.53. The van der Waals surface area contributed by atoms with Crippen LogP contribution in [0.3, 0.4) is 0 Å². The van der Waals surface area contributed by atoms with Crippen LogP contribution in [0.4, 0.5) is 4.39 Å². The molecule has 0 aliphatic rings. The van der Waals surface area contributed by atoms with Crippen LogP contribution in [0.2, 0.25) is 0 Å². The number of thiophene rings is 1. The molecule has 0 aliphatic heterocycles. The predicted molar refractivity (Wildman–Crippen MR) is 131 cm³/mol. The summed E-state index contributed by atoms with van der Waals surface area (Å²) in [6.45, 7) is 4.30. The molecule has 0 fully saturated rings. The minimum atomic E-state index is -0.319. The summed E-state index contributed by atoms with van der Waals surface area (Å²) in [4.78, 5) is 36.8. The Labute approximate surface area is 196 Å². The zero-order chi connectivity index (χ0) is 23.1. The molecular formula is C24H19FN4O2S2. The van der Waals surface area contributed by atoms with Crippen LogP contribution in [0, 0.1) is 12.7 Å². The van der Waals surface area contributed by atoms with Gasteiger partial charge in [0.25, 0.3) is 11.1 Å². The maximum absolute atomic E-state index is 13.5. The van der Waals surface area contributed by atoms with E-state index in [1.165, 1.54) is 45.7 Å². The molecule has 4 aromatic heterocycles. The molecule has 1 aromatic carbocycles. The van der Waals surface area contributed by atoms with Crippen molar-refractivity contribution in [3.05, 3.63) is 91.8 Å². The lowest BCUT2D eigenvalue weighted by molar-refractivity contribution is 0.628. The number of rotatable bonds is 5. The molecule has 5 rings (SSSR count). The minimum absolute atomic E-state index is 0.125. The Morgan fingerprint density at radius 1 is 1.09 bits per heavy atom. The van der Waals surface area contributed by atoms with Gasteiger partial charge in [-0.05, 0) is 43.7 Å². The van der Waals surface area contributed by atoms with Gasteiger partial charge in [0, 0.05) is 35.0 Å². The molecule has 0 saturated carbocycles. The summed E-state index contributed by atoms with van der Waals surface area (Å²) in [6, 6.07) is 13.1. The van der Waals surface area contributed by atoms with Crippen LogP contribution in [0.15, 0.2) is 69.5 Å². The highest BCUT2D eigenvalue weighted by atomic mass is 32.2. The Morgan fingerprint density at radius 3 is 2.64 bits per heavy atom. The fourth-order valence-electron chi connectivity index (χ4n) is 3.84. The van der Waals surface area contributed by atoms with Crippen molar-refractivity contribution in [2.24, 2.45) is 0 Å². The minimum Gasteiger partial charge on any atom is -0.287 e. The Morgan fingerprint density at radius 2 is 1.88 bits per heavy atom. The fourth-order valence-corrected chi connectivity index (χ4v) is 5.89. The highest BCUT2D eigenvalue weighted by Crippen LogP contribution is 2.36. The Kier molecular flexibility index (Phi) is 5.59. The van der Waals surface area contributed by atoms with Crippen molar-refractivity contribution in [2.75, 3.05) is 0 Å². The van der Waals surface area contributed by atoms with Crippen LogP contribution < -0.4 is 11.1 Å². The van der Waals surface area contributed by atoms with Gasteiger partial charge in [0.15, 0.2) is 5.16 Å². The molecule has 0 bridgehead atoms. The van der Waals surface area contributed by atoms with Crippen molar-refractivity contribution >= 4 is 39.0 Å². The number of benzene rings is 1. The quantitative estimate of drug-likeness (QED) is 0.266. The zero-order valence-corrected chi connectivity index (χ0v) is 19.5. The van der Waals surface area contributed by atoms with E-state index in [-0.39, 0.29) is 16.9 Å². The number of hydrogen-bond donors (Lipinski definition) is 0. The maximum atomic E-state index is 13.5. The third kappa shape index (κ3) is 3.87. The van der Waals surface area contributed by atoms with E-state index in [2.05, 4.69) is 4.98 Å². The zero-order valence-electron chi connectivity index (χ0n) is 17.9. The summed E-state index contributed by atoms with van der Waals surface area (Å²) < 4.78 is 16.6. The number of aryl methyl sites for hydroxylation is 1. The van der Waals surface area contributed by atoms with Crippen molar-refractivity contribution < 1.29 is 4.39 Å². The standard InChI is InChI=1S/C24H19FN4O2S2/c1-3-28-23(31)21-20(15-7-9-16(25)10-8-15)14(2)33-22(21)27-24(28)32-13-17-12-19(30)29-11-5-4-6-18(29)26-17/h4-12H,3,13H2,1-2H3. The fraction of sp³-hybridized carbons (Fsp3) is 0.167. The van der Waals surface area contributed by atoms with E-state index in [0.717, 1.165) is 16.0 Å². The first-order valence-corrected chi connectivity index (χ1v) is 12.2. The molecule has 0 radical (unpaired) electrons. The normalized spacial score (nSPS) is 11.5. The third-order valence-corrected chi connectivity index (χ3v) is 7.38. The molecule has 0 atom stereocenters. The second kappa shape index (κ2) is 8.57. The number of aromatic nitrogens is 4. The van der Waals surface area contributed by atoms with Crippen LogP contribution in [0.25, 0.3) is 27.0 Å².